The van der Waals surface area contributed by atoms with Gasteiger partial charge in [-0.2, -0.15) is 10.2 Å². The summed E-state index contributed by atoms with van der Waals surface area (Å²) in [5.41, 5.74) is 1.83. The average molecular weight is 380 g/mol. The molecule has 1 N–H and O–H groups in total. The number of rotatable bonds is 7. The number of nitrogens with zero attached hydrogens (tertiary/aromatic N) is 5. The summed E-state index contributed by atoms with van der Waals surface area (Å²) in [5.74, 6) is 0.954. The topological polar surface area (TPSA) is 81.5 Å². The van der Waals surface area contributed by atoms with Gasteiger partial charge in [-0.25, -0.2) is 19.0 Å². The zero-order chi connectivity index (χ0) is 19.5. The van der Waals surface area contributed by atoms with Crippen molar-refractivity contribution in [3.63, 3.8) is 0 Å². The molecular weight excluding hydrogens is 359 g/mol. The van der Waals surface area contributed by atoms with E-state index in [1.165, 1.54) is 6.07 Å². The van der Waals surface area contributed by atoms with Crippen LogP contribution < -0.4 is 0 Å². The molecule has 0 amide bonds. The van der Waals surface area contributed by atoms with E-state index in [1.807, 2.05) is 26.0 Å². The lowest BCUT2D eigenvalue weighted by atomic mass is 10.2. The van der Waals surface area contributed by atoms with Crippen LogP contribution in [0.3, 0.4) is 0 Å². The summed E-state index contributed by atoms with van der Waals surface area (Å²) < 4.78 is 21.3. The quantitative estimate of drug-likeness (QED) is 0.532. The maximum absolute atomic E-state index is 14.1. The number of halogens is 1. The second kappa shape index (κ2) is 7.85. The number of ether oxygens (including phenoxy) is 1. The van der Waals surface area contributed by atoms with Gasteiger partial charge in [-0.15, -0.1) is 0 Å². The lowest BCUT2D eigenvalue weighted by Gasteiger charge is -2.04. The lowest BCUT2D eigenvalue weighted by molar-refractivity contribution is 0.0804. The standard InChI is InChI=1S/C20H21FN6O/c1-13(2)28-11-9-17-23-19(25-24-17)18-15-7-5-10-22-20(15)27(26-18)12-14-6-3-4-8-16(14)21/h3-8,10,13H,9,11-12H2,1-2H3,(H,23,24,25). The fourth-order valence-corrected chi connectivity index (χ4v) is 2.98. The molecule has 0 bridgehead atoms. The molecular formula is C20H21FN6O. The molecule has 0 aliphatic rings. The summed E-state index contributed by atoms with van der Waals surface area (Å²) in [6.07, 6.45) is 2.50. The minimum Gasteiger partial charge on any atom is -0.378 e. The van der Waals surface area contributed by atoms with Crippen molar-refractivity contribution in [2.24, 2.45) is 0 Å². The van der Waals surface area contributed by atoms with Crippen molar-refractivity contribution < 1.29 is 9.13 Å². The molecule has 0 fully saturated rings. The highest BCUT2D eigenvalue weighted by Gasteiger charge is 2.18. The first-order chi connectivity index (χ1) is 13.6. The molecule has 8 heteroatoms. The number of fused-ring (bicyclic) bond motifs is 1. The zero-order valence-corrected chi connectivity index (χ0v) is 15.8. The normalized spacial score (nSPS) is 11.6. The fourth-order valence-electron chi connectivity index (χ4n) is 2.98. The van der Waals surface area contributed by atoms with Crippen molar-refractivity contribution in [2.45, 2.75) is 32.9 Å². The molecule has 1 aromatic carbocycles. The van der Waals surface area contributed by atoms with Crippen LogP contribution in [0.1, 0.15) is 25.2 Å². The van der Waals surface area contributed by atoms with E-state index in [4.69, 9.17) is 4.74 Å². The molecule has 0 saturated heterocycles. The van der Waals surface area contributed by atoms with Gasteiger partial charge < -0.3 is 4.74 Å². The Balaban J connectivity index is 1.65. The summed E-state index contributed by atoms with van der Waals surface area (Å²) in [6.45, 7) is 4.83. The van der Waals surface area contributed by atoms with Gasteiger partial charge in [0.25, 0.3) is 0 Å². The second-order valence-electron chi connectivity index (χ2n) is 6.75. The third-order valence-corrected chi connectivity index (χ3v) is 4.32. The predicted octanol–water partition coefficient (Wildman–Crippen LogP) is 3.37. The second-order valence-corrected chi connectivity index (χ2v) is 6.75. The Kier molecular flexibility index (Phi) is 5.12. The first-order valence-corrected chi connectivity index (χ1v) is 9.20. The summed E-state index contributed by atoms with van der Waals surface area (Å²) in [6, 6.07) is 10.4. The highest BCUT2D eigenvalue weighted by molar-refractivity contribution is 5.89. The number of pyridine rings is 1. The van der Waals surface area contributed by atoms with Gasteiger partial charge in [-0.1, -0.05) is 18.2 Å². The molecule has 0 aliphatic heterocycles. The predicted molar refractivity (Wildman–Crippen MR) is 103 cm³/mol. The molecule has 0 radical (unpaired) electrons. The molecule has 4 aromatic rings. The minimum absolute atomic E-state index is 0.173. The number of aromatic amines is 1. The summed E-state index contributed by atoms with van der Waals surface area (Å²) in [7, 11) is 0. The molecule has 3 aromatic heterocycles. The van der Waals surface area contributed by atoms with Gasteiger partial charge in [0.05, 0.1) is 24.6 Å². The van der Waals surface area contributed by atoms with Gasteiger partial charge >= 0.3 is 0 Å². The molecule has 0 aliphatic carbocycles. The molecule has 144 valence electrons. The van der Waals surface area contributed by atoms with Crippen molar-refractivity contribution in [1.29, 1.82) is 0 Å². The minimum atomic E-state index is -0.269. The van der Waals surface area contributed by atoms with Gasteiger partial charge in [0.1, 0.15) is 17.3 Å². The molecule has 0 unspecified atom stereocenters. The van der Waals surface area contributed by atoms with Crippen LogP contribution in [0.15, 0.2) is 42.6 Å². The highest BCUT2D eigenvalue weighted by atomic mass is 19.1. The van der Waals surface area contributed by atoms with E-state index in [0.717, 1.165) is 11.2 Å². The maximum Gasteiger partial charge on any atom is 0.202 e. The van der Waals surface area contributed by atoms with Crippen LogP contribution in [-0.2, 0) is 17.7 Å². The van der Waals surface area contributed by atoms with Crippen LogP contribution in [0.5, 0.6) is 0 Å². The van der Waals surface area contributed by atoms with E-state index >= 15 is 0 Å². The Bertz CT molecular complexity index is 1090. The van der Waals surface area contributed by atoms with Crippen molar-refractivity contribution in [2.75, 3.05) is 6.61 Å². The summed E-state index contributed by atoms with van der Waals surface area (Å²) in [5, 5.41) is 12.7. The van der Waals surface area contributed by atoms with E-state index in [-0.39, 0.29) is 18.5 Å². The first kappa shape index (κ1) is 18.2. The van der Waals surface area contributed by atoms with Crippen LogP contribution in [-0.4, -0.2) is 42.7 Å². The number of H-pyrrole nitrogens is 1. The van der Waals surface area contributed by atoms with Gasteiger partial charge in [0, 0.05) is 18.2 Å². The van der Waals surface area contributed by atoms with Crippen LogP contribution >= 0.6 is 0 Å². The van der Waals surface area contributed by atoms with Crippen molar-refractivity contribution in [3.05, 3.63) is 59.8 Å². The molecule has 0 atom stereocenters. The van der Waals surface area contributed by atoms with Gasteiger partial charge in [0.2, 0.25) is 5.82 Å². The molecule has 4 rings (SSSR count). The van der Waals surface area contributed by atoms with E-state index in [0.29, 0.717) is 35.8 Å². The first-order valence-electron chi connectivity index (χ1n) is 9.20. The van der Waals surface area contributed by atoms with Crippen LogP contribution in [0.4, 0.5) is 4.39 Å². The Hall–Kier alpha value is -3.13. The van der Waals surface area contributed by atoms with Gasteiger partial charge in [-0.05, 0) is 32.0 Å². The zero-order valence-electron chi connectivity index (χ0n) is 15.8. The number of nitrogens with one attached hydrogen (secondary N) is 1. The van der Waals surface area contributed by atoms with Crippen LogP contribution in [0.2, 0.25) is 0 Å². The molecule has 3 heterocycles. The summed E-state index contributed by atoms with van der Waals surface area (Å²) >= 11 is 0. The summed E-state index contributed by atoms with van der Waals surface area (Å²) in [4.78, 5) is 8.96. The maximum atomic E-state index is 14.1. The largest absolute Gasteiger partial charge is 0.378 e. The fraction of sp³-hybridized carbons (Fsp3) is 0.300. The highest BCUT2D eigenvalue weighted by Crippen LogP contribution is 2.25. The van der Waals surface area contributed by atoms with E-state index < -0.39 is 0 Å². The lowest BCUT2D eigenvalue weighted by Crippen LogP contribution is -2.06. The smallest absolute Gasteiger partial charge is 0.202 e. The number of benzene rings is 1. The van der Waals surface area contributed by atoms with Crippen LogP contribution in [0.25, 0.3) is 22.6 Å². The third kappa shape index (κ3) is 3.77. The van der Waals surface area contributed by atoms with Gasteiger partial charge in [0.15, 0.2) is 5.65 Å². The number of hydrogen-bond donors (Lipinski definition) is 1. The van der Waals surface area contributed by atoms with E-state index in [1.54, 1.807) is 29.1 Å². The Morgan fingerprint density at radius 3 is 2.86 bits per heavy atom. The van der Waals surface area contributed by atoms with Crippen molar-refractivity contribution in [1.82, 2.24) is 29.9 Å². The Morgan fingerprint density at radius 1 is 1.18 bits per heavy atom. The van der Waals surface area contributed by atoms with E-state index in [2.05, 4.69) is 25.3 Å². The van der Waals surface area contributed by atoms with E-state index in [9.17, 15) is 4.39 Å². The third-order valence-electron chi connectivity index (χ3n) is 4.32. The average Bonchev–Trinajstić information content (AvgIpc) is 3.28. The Labute approximate surface area is 161 Å². The van der Waals surface area contributed by atoms with Crippen molar-refractivity contribution in [3.8, 4) is 11.5 Å². The number of hydrogen-bond acceptors (Lipinski definition) is 5. The molecule has 0 saturated carbocycles. The van der Waals surface area contributed by atoms with Gasteiger partial charge in [-0.3, -0.25) is 5.10 Å². The molecule has 7 nitrogen and oxygen atoms in total. The Morgan fingerprint density at radius 2 is 2.04 bits per heavy atom. The SMILES string of the molecule is CC(C)OCCc1nc(-c2nn(Cc3ccccc3F)c3ncccc23)n[nH]1. The van der Waals surface area contributed by atoms with Crippen LogP contribution in [0, 0.1) is 5.82 Å². The van der Waals surface area contributed by atoms with Crippen molar-refractivity contribution >= 4 is 11.0 Å². The number of aromatic nitrogens is 6. The monoisotopic (exact) mass is 380 g/mol. The molecule has 0 spiro atoms. The molecule has 28 heavy (non-hydrogen) atoms.